The maximum atomic E-state index is 12.1. The molecule has 2 aromatic rings. The smallest absolute Gasteiger partial charge is 0.355 e. The van der Waals surface area contributed by atoms with Gasteiger partial charge in [-0.1, -0.05) is 0 Å². The number of hydrogen-bond donors (Lipinski definition) is 3. The third-order valence-electron chi connectivity index (χ3n) is 2.84. The number of carboxylic acid groups (broad SMARTS) is 1. The maximum absolute atomic E-state index is 12.1. The third kappa shape index (κ3) is 3.44. The van der Waals surface area contributed by atoms with Crippen LogP contribution in [0.5, 0.6) is 0 Å². The summed E-state index contributed by atoms with van der Waals surface area (Å²) in [5.74, 6) is -1.47. The number of aryl methyl sites for hydroxylation is 1. The molecule has 2 unspecified atom stereocenters. The zero-order valence-corrected chi connectivity index (χ0v) is 12.3. The summed E-state index contributed by atoms with van der Waals surface area (Å²) >= 11 is 1.18. The van der Waals surface area contributed by atoms with E-state index in [1.807, 2.05) is 0 Å². The molecule has 0 aliphatic rings. The van der Waals surface area contributed by atoms with Crippen molar-refractivity contribution in [2.24, 2.45) is 12.8 Å². The third-order valence-corrected chi connectivity index (χ3v) is 3.86. The number of carboxylic acids is 1. The van der Waals surface area contributed by atoms with Gasteiger partial charge in [0.15, 0.2) is 5.69 Å². The molecule has 2 aromatic heterocycles. The number of carbonyl (C=O) groups is 2. The Labute approximate surface area is 124 Å². The lowest BCUT2D eigenvalue weighted by Gasteiger charge is -2.14. The summed E-state index contributed by atoms with van der Waals surface area (Å²) in [6, 6.07) is -1.25. The lowest BCUT2D eigenvalue weighted by atomic mass is 10.1. The van der Waals surface area contributed by atoms with Crippen LogP contribution in [0.4, 0.5) is 0 Å². The largest absolute Gasteiger partial charge is 0.476 e. The van der Waals surface area contributed by atoms with Crippen LogP contribution in [-0.2, 0) is 11.8 Å². The first-order valence-electron chi connectivity index (χ1n) is 6.11. The molecular weight excluding hydrogens is 294 g/mol. The number of aromatic nitrogens is 3. The summed E-state index contributed by atoms with van der Waals surface area (Å²) in [7, 11) is 1.74. The molecule has 0 spiro atoms. The standard InChI is InChI=1S/C12H15N5O3S/c1-6(11-16-8(5-21-11)12(19)20)15-10(18)9(13)7-3-14-17(2)4-7/h3-6,9H,13H2,1-2H3,(H,15,18)(H,19,20). The van der Waals surface area contributed by atoms with E-state index in [0.29, 0.717) is 10.6 Å². The summed E-state index contributed by atoms with van der Waals surface area (Å²) in [6.07, 6.45) is 3.20. The van der Waals surface area contributed by atoms with Crippen LogP contribution in [0.25, 0.3) is 0 Å². The maximum Gasteiger partial charge on any atom is 0.355 e. The summed E-state index contributed by atoms with van der Waals surface area (Å²) in [5, 5.41) is 17.4. The highest BCUT2D eigenvalue weighted by atomic mass is 32.1. The fourth-order valence-corrected chi connectivity index (χ4v) is 2.50. The minimum absolute atomic E-state index is 0.0346. The van der Waals surface area contributed by atoms with Crippen molar-refractivity contribution >= 4 is 23.2 Å². The van der Waals surface area contributed by atoms with Crippen molar-refractivity contribution < 1.29 is 14.7 Å². The number of aromatic carboxylic acids is 1. The molecule has 0 aliphatic carbocycles. The van der Waals surface area contributed by atoms with Gasteiger partial charge < -0.3 is 16.2 Å². The summed E-state index contributed by atoms with van der Waals surface area (Å²) in [4.78, 5) is 26.8. The molecule has 0 radical (unpaired) electrons. The van der Waals surface area contributed by atoms with E-state index >= 15 is 0 Å². The molecule has 0 aliphatic heterocycles. The second-order valence-corrected chi connectivity index (χ2v) is 5.42. The highest BCUT2D eigenvalue weighted by molar-refractivity contribution is 7.09. The monoisotopic (exact) mass is 309 g/mol. The number of nitrogens with two attached hydrogens (primary N) is 1. The molecule has 0 bridgehead atoms. The van der Waals surface area contributed by atoms with Crippen LogP contribution in [0.2, 0.25) is 0 Å². The summed E-state index contributed by atoms with van der Waals surface area (Å²) in [6.45, 7) is 1.72. The van der Waals surface area contributed by atoms with Crippen LogP contribution in [0, 0.1) is 0 Å². The number of thiazole rings is 1. The Morgan fingerprint density at radius 2 is 2.24 bits per heavy atom. The minimum atomic E-state index is -1.09. The lowest BCUT2D eigenvalue weighted by Crippen LogP contribution is -2.35. The molecule has 4 N–H and O–H groups in total. The van der Waals surface area contributed by atoms with E-state index in [-0.39, 0.29) is 11.6 Å². The summed E-state index contributed by atoms with van der Waals surface area (Å²) < 4.78 is 1.56. The number of rotatable bonds is 5. The van der Waals surface area contributed by atoms with Gasteiger partial charge in [0.1, 0.15) is 11.0 Å². The van der Waals surface area contributed by atoms with Gasteiger partial charge in [-0.25, -0.2) is 9.78 Å². The summed E-state index contributed by atoms with van der Waals surface area (Å²) in [5.41, 5.74) is 6.42. The number of nitrogens with one attached hydrogen (secondary N) is 1. The fourth-order valence-electron chi connectivity index (χ4n) is 1.70. The Kier molecular flexibility index (Phi) is 4.34. The van der Waals surface area contributed by atoms with E-state index in [1.54, 1.807) is 24.9 Å². The highest BCUT2D eigenvalue weighted by Crippen LogP contribution is 2.19. The molecule has 1 amide bonds. The van der Waals surface area contributed by atoms with E-state index in [4.69, 9.17) is 10.8 Å². The van der Waals surface area contributed by atoms with Gasteiger partial charge in [-0.05, 0) is 6.92 Å². The number of carbonyl (C=O) groups excluding carboxylic acids is 1. The Hall–Kier alpha value is -2.26. The molecule has 112 valence electrons. The van der Waals surface area contributed by atoms with Gasteiger partial charge in [-0.3, -0.25) is 9.48 Å². The van der Waals surface area contributed by atoms with Crippen molar-refractivity contribution in [3.8, 4) is 0 Å². The predicted octanol–water partition coefficient (Wildman–Crippen LogP) is 0.452. The molecule has 2 rings (SSSR count). The van der Waals surface area contributed by atoms with Gasteiger partial charge in [0.05, 0.1) is 12.2 Å². The first kappa shape index (κ1) is 15.1. The Balaban J connectivity index is 2.02. The molecule has 0 aromatic carbocycles. The van der Waals surface area contributed by atoms with Crippen molar-refractivity contribution in [1.29, 1.82) is 0 Å². The molecule has 9 heteroatoms. The number of hydrogen-bond acceptors (Lipinski definition) is 6. The molecule has 21 heavy (non-hydrogen) atoms. The molecular formula is C12H15N5O3S. The Bertz CT molecular complexity index is 665. The van der Waals surface area contributed by atoms with E-state index in [9.17, 15) is 9.59 Å². The van der Waals surface area contributed by atoms with E-state index in [1.165, 1.54) is 22.9 Å². The van der Waals surface area contributed by atoms with Crippen molar-refractivity contribution in [2.45, 2.75) is 19.0 Å². The van der Waals surface area contributed by atoms with Crippen LogP contribution < -0.4 is 11.1 Å². The number of amides is 1. The van der Waals surface area contributed by atoms with Crippen molar-refractivity contribution in [3.63, 3.8) is 0 Å². The fraction of sp³-hybridized carbons (Fsp3) is 0.333. The van der Waals surface area contributed by atoms with E-state index in [2.05, 4.69) is 15.4 Å². The van der Waals surface area contributed by atoms with Gasteiger partial charge in [0.2, 0.25) is 5.91 Å². The molecule has 2 heterocycles. The first-order valence-corrected chi connectivity index (χ1v) is 6.99. The molecule has 0 saturated carbocycles. The van der Waals surface area contributed by atoms with Gasteiger partial charge in [0.25, 0.3) is 0 Å². The molecule has 2 atom stereocenters. The van der Waals surface area contributed by atoms with Crippen LogP contribution in [0.3, 0.4) is 0 Å². The Morgan fingerprint density at radius 3 is 2.76 bits per heavy atom. The zero-order chi connectivity index (χ0) is 15.6. The molecule has 0 fully saturated rings. The number of nitrogens with zero attached hydrogens (tertiary/aromatic N) is 3. The van der Waals surface area contributed by atoms with E-state index in [0.717, 1.165) is 0 Å². The SMILES string of the molecule is CC(NC(=O)C(N)c1cnn(C)c1)c1nc(C(=O)O)cs1. The van der Waals surface area contributed by atoms with Crippen LogP contribution in [0.1, 0.15) is 40.1 Å². The van der Waals surface area contributed by atoms with Gasteiger partial charge in [0, 0.05) is 24.2 Å². The predicted molar refractivity (Wildman–Crippen MR) is 75.8 cm³/mol. The minimum Gasteiger partial charge on any atom is -0.476 e. The van der Waals surface area contributed by atoms with Crippen molar-refractivity contribution in [2.75, 3.05) is 0 Å². The van der Waals surface area contributed by atoms with Gasteiger partial charge in [-0.15, -0.1) is 11.3 Å². The quantitative estimate of drug-likeness (QED) is 0.737. The topological polar surface area (TPSA) is 123 Å². The second-order valence-electron chi connectivity index (χ2n) is 4.53. The first-order chi connectivity index (χ1) is 9.88. The molecule has 0 saturated heterocycles. The van der Waals surface area contributed by atoms with Crippen LogP contribution in [-0.4, -0.2) is 31.7 Å². The Morgan fingerprint density at radius 1 is 1.52 bits per heavy atom. The van der Waals surface area contributed by atoms with Crippen molar-refractivity contribution in [3.05, 3.63) is 34.0 Å². The lowest BCUT2D eigenvalue weighted by molar-refractivity contribution is -0.123. The highest BCUT2D eigenvalue weighted by Gasteiger charge is 2.21. The van der Waals surface area contributed by atoms with Crippen LogP contribution >= 0.6 is 11.3 Å². The second kappa shape index (κ2) is 6.02. The van der Waals surface area contributed by atoms with E-state index < -0.39 is 18.1 Å². The normalized spacial score (nSPS) is 13.7. The molecule has 8 nitrogen and oxygen atoms in total. The van der Waals surface area contributed by atoms with Gasteiger partial charge in [-0.2, -0.15) is 5.10 Å². The average molecular weight is 309 g/mol. The van der Waals surface area contributed by atoms with Crippen LogP contribution in [0.15, 0.2) is 17.8 Å². The zero-order valence-electron chi connectivity index (χ0n) is 11.5. The van der Waals surface area contributed by atoms with Crippen molar-refractivity contribution in [1.82, 2.24) is 20.1 Å². The van der Waals surface area contributed by atoms with Gasteiger partial charge >= 0.3 is 5.97 Å². The average Bonchev–Trinajstić information content (AvgIpc) is 3.06.